The Morgan fingerprint density at radius 3 is 2.30 bits per heavy atom. The van der Waals surface area contributed by atoms with Gasteiger partial charge in [-0.05, 0) is 86.2 Å². The number of pyridine rings is 1. The highest BCUT2D eigenvalue weighted by atomic mass is 16.6. The van der Waals surface area contributed by atoms with Crippen LogP contribution in [-0.2, 0) is 4.74 Å². The summed E-state index contributed by atoms with van der Waals surface area (Å²) in [4.78, 5) is 6.76. The fourth-order valence-corrected chi connectivity index (χ4v) is 3.86. The summed E-state index contributed by atoms with van der Waals surface area (Å²) in [6, 6.07) is 22.8. The average molecular weight is 443 g/mol. The number of epoxide rings is 1. The first-order valence-electron chi connectivity index (χ1n) is 11.9. The van der Waals surface area contributed by atoms with Gasteiger partial charge in [0.05, 0.1) is 5.69 Å². The Hall–Kier alpha value is -2.99. The molecule has 172 valence electrons. The third kappa shape index (κ3) is 6.99. The molecule has 5 nitrogen and oxygen atoms in total. The standard InChI is InChI=1S/C28H34N4O/c1-3-32(4-2)21-7-20-30-28-27(33-28)23-12-17-26(18-13-23)31-25-15-10-22(11-16-25)9-14-24-8-5-6-19-29-24/h5-6,8-19,27-28,30-31H,3-4,7,20-21H2,1-2H3/b14-9+. The second-order valence-corrected chi connectivity index (χ2v) is 8.27. The van der Waals surface area contributed by atoms with Gasteiger partial charge in [0.2, 0.25) is 0 Å². The van der Waals surface area contributed by atoms with Crippen LogP contribution in [0.25, 0.3) is 12.2 Å². The number of ether oxygens (including phenoxy) is 1. The molecule has 1 fully saturated rings. The van der Waals surface area contributed by atoms with E-state index in [4.69, 9.17) is 4.74 Å². The van der Waals surface area contributed by atoms with E-state index in [0.29, 0.717) is 0 Å². The molecule has 33 heavy (non-hydrogen) atoms. The molecule has 0 aliphatic carbocycles. The summed E-state index contributed by atoms with van der Waals surface area (Å²) in [7, 11) is 0. The van der Waals surface area contributed by atoms with Crippen molar-refractivity contribution in [3.8, 4) is 0 Å². The minimum absolute atomic E-state index is 0.146. The topological polar surface area (TPSA) is 52.7 Å². The normalized spacial score (nSPS) is 17.5. The second kappa shape index (κ2) is 11.8. The third-order valence-corrected chi connectivity index (χ3v) is 5.96. The molecule has 0 saturated carbocycles. The van der Waals surface area contributed by atoms with Crippen LogP contribution < -0.4 is 10.6 Å². The van der Waals surface area contributed by atoms with Crippen molar-refractivity contribution >= 4 is 23.5 Å². The highest BCUT2D eigenvalue weighted by molar-refractivity contribution is 5.70. The zero-order valence-corrected chi connectivity index (χ0v) is 19.6. The van der Waals surface area contributed by atoms with Gasteiger partial charge in [0.15, 0.2) is 0 Å². The fraction of sp³-hybridized carbons (Fsp3) is 0.321. The van der Waals surface area contributed by atoms with E-state index in [-0.39, 0.29) is 12.3 Å². The molecule has 2 N–H and O–H groups in total. The molecule has 1 aromatic heterocycles. The number of nitrogens with zero attached hydrogens (tertiary/aromatic N) is 2. The number of anilines is 2. The molecule has 1 aliphatic heterocycles. The monoisotopic (exact) mass is 442 g/mol. The SMILES string of the molecule is CCN(CC)CCCNC1OC1c1ccc(Nc2ccc(/C=C/c3ccccn3)cc2)cc1. The first-order valence-corrected chi connectivity index (χ1v) is 11.9. The Balaban J connectivity index is 1.22. The van der Waals surface area contributed by atoms with Crippen molar-refractivity contribution in [1.29, 1.82) is 0 Å². The first kappa shape index (κ1) is 23.2. The van der Waals surface area contributed by atoms with Crippen molar-refractivity contribution < 1.29 is 4.74 Å². The summed E-state index contributed by atoms with van der Waals surface area (Å²) < 4.78 is 5.83. The molecule has 3 aromatic rings. The summed E-state index contributed by atoms with van der Waals surface area (Å²) in [5, 5.41) is 6.98. The van der Waals surface area contributed by atoms with Gasteiger partial charge in [0.1, 0.15) is 12.3 Å². The molecular weight excluding hydrogens is 408 g/mol. The van der Waals surface area contributed by atoms with E-state index in [0.717, 1.165) is 55.2 Å². The molecule has 2 aromatic carbocycles. The Labute approximate surface area is 197 Å². The lowest BCUT2D eigenvalue weighted by atomic mass is 10.1. The van der Waals surface area contributed by atoms with Gasteiger partial charge in [0.25, 0.3) is 0 Å². The van der Waals surface area contributed by atoms with Crippen LogP contribution in [0.15, 0.2) is 72.9 Å². The van der Waals surface area contributed by atoms with Gasteiger partial charge in [-0.1, -0.05) is 50.3 Å². The van der Waals surface area contributed by atoms with E-state index in [9.17, 15) is 0 Å². The van der Waals surface area contributed by atoms with Gasteiger partial charge in [-0.15, -0.1) is 0 Å². The van der Waals surface area contributed by atoms with Gasteiger partial charge in [-0.2, -0.15) is 0 Å². The molecule has 4 rings (SSSR count). The van der Waals surface area contributed by atoms with Crippen LogP contribution in [0, 0.1) is 0 Å². The summed E-state index contributed by atoms with van der Waals surface area (Å²) in [5.74, 6) is 0. The molecule has 5 heteroatoms. The predicted molar refractivity (Wildman–Crippen MR) is 137 cm³/mol. The summed E-state index contributed by atoms with van der Waals surface area (Å²) >= 11 is 0. The minimum atomic E-state index is 0.146. The maximum absolute atomic E-state index is 5.83. The lowest BCUT2D eigenvalue weighted by Gasteiger charge is -2.17. The number of rotatable bonds is 12. The molecule has 1 aliphatic rings. The van der Waals surface area contributed by atoms with E-state index in [2.05, 4.69) is 89.0 Å². The number of hydrogen-bond donors (Lipinski definition) is 2. The molecule has 1 saturated heterocycles. The Morgan fingerprint density at radius 1 is 0.909 bits per heavy atom. The van der Waals surface area contributed by atoms with Gasteiger partial charge in [-0.3, -0.25) is 10.3 Å². The average Bonchev–Trinajstić information content (AvgIpc) is 3.64. The lowest BCUT2D eigenvalue weighted by molar-refractivity contribution is 0.291. The van der Waals surface area contributed by atoms with Crippen molar-refractivity contribution in [3.05, 3.63) is 89.7 Å². The maximum atomic E-state index is 5.83. The Kier molecular flexibility index (Phi) is 8.25. The van der Waals surface area contributed by atoms with Crippen LogP contribution in [0.4, 0.5) is 11.4 Å². The molecule has 0 radical (unpaired) electrons. The van der Waals surface area contributed by atoms with E-state index in [1.807, 2.05) is 24.3 Å². The highest BCUT2D eigenvalue weighted by Gasteiger charge is 2.39. The molecular formula is C28H34N4O. The molecule has 2 heterocycles. The van der Waals surface area contributed by atoms with Gasteiger partial charge >= 0.3 is 0 Å². The number of hydrogen-bond acceptors (Lipinski definition) is 5. The zero-order chi connectivity index (χ0) is 22.9. The van der Waals surface area contributed by atoms with Crippen molar-refractivity contribution in [2.24, 2.45) is 0 Å². The summed E-state index contributed by atoms with van der Waals surface area (Å²) in [6.07, 6.45) is 7.36. The van der Waals surface area contributed by atoms with Gasteiger partial charge in [0, 0.05) is 17.6 Å². The van der Waals surface area contributed by atoms with E-state index < -0.39 is 0 Å². The second-order valence-electron chi connectivity index (χ2n) is 8.27. The molecule has 2 atom stereocenters. The van der Waals surface area contributed by atoms with E-state index >= 15 is 0 Å². The largest absolute Gasteiger partial charge is 0.356 e. The highest BCUT2D eigenvalue weighted by Crippen LogP contribution is 2.37. The van der Waals surface area contributed by atoms with Crippen molar-refractivity contribution in [2.75, 3.05) is 31.5 Å². The Morgan fingerprint density at radius 2 is 1.64 bits per heavy atom. The molecule has 0 spiro atoms. The van der Waals surface area contributed by atoms with Crippen molar-refractivity contribution in [3.63, 3.8) is 0 Å². The Bertz CT molecular complexity index is 998. The van der Waals surface area contributed by atoms with Crippen LogP contribution in [0.2, 0.25) is 0 Å². The van der Waals surface area contributed by atoms with Crippen LogP contribution in [-0.4, -0.2) is 42.3 Å². The molecule has 0 amide bonds. The van der Waals surface area contributed by atoms with Crippen LogP contribution in [0.3, 0.4) is 0 Å². The predicted octanol–water partition coefficient (Wildman–Crippen LogP) is 5.71. The van der Waals surface area contributed by atoms with E-state index in [1.54, 1.807) is 6.20 Å². The summed E-state index contributed by atoms with van der Waals surface area (Å²) in [5.41, 5.74) is 5.45. The third-order valence-electron chi connectivity index (χ3n) is 5.96. The summed E-state index contributed by atoms with van der Waals surface area (Å²) in [6.45, 7) is 8.79. The fourth-order valence-electron chi connectivity index (χ4n) is 3.86. The quantitative estimate of drug-likeness (QED) is 0.278. The first-order chi connectivity index (χ1) is 16.2. The number of benzene rings is 2. The number of aromatic nitrogens is 1. The van der Waals surface area contributed by atoms with Crippen LogP contribution in [0.1, 0.15) is 43.2 Å². The smallest absolute Gasteiger partial charge is 0.139 e. The molecule has 0 bridgehead atoms. The number of nitrogens with one attached hydrogen (secondary N) is 2. The van der Waals surface area contributed by atoms with Gasteiger partial charge < -0.3 is 15.0 Å². The lowest BCUT2D eigenvalue weighted by Crippen LogP contribution is -2.28. The van der Waals surface area contributed by atoms with Crippen molar-refractivity contribution in [1.82, 2.24) is 15.2 Å². The van der Waals surface area contributed by atoms with Crippen LogP contribution >= 0.6 is 0 Å². The van der Waals surface area contributed by atoms with Crippen molar-refractivity contribution in [2.45, 2.75) is 32.6 Å². The van der Waals surface area contributed by atoms with Crippen LogP contribution in [0.5, 0.6) is 0 Å². The minimum Gasteiger partial charge on any atom is -0.356 e. The van der Waals surface area contributed by atoms with E-state index in [1.165, 1.54) is 5.56 Å². The zero-order valence-electron chi connectivity index (χ0n) is 19.6. The molecule has 2 unspecified atom stereocenters. The van der Waals surface area contributed by atoms with Gasteiger partial charge in [-0.25, -0.2) is 0 Å². The maximum Gasteiger partial charge on any atom is 0.139 e.